The van der Waals surface area contributed by atoms with Gasteiger partial charge in [0.2, 0.25) is 5.91 Å². The number of carbonyl (C=O) groups is 1. The summed E-state index contributed by atoms with van der Waals surface area (Å²) in [6.07, 6.45) is 2.97. The number of benzene rings is 2. The monoisotopic (exact) mass is 416 g/mol. The van der Waals surface area contributed by atoms with Gasteiger partial charge in [-0.3, -0.25) is 10.1 Å². The number of nitrogens with zero attached hydrogens (tertiary/aromatic N) is 1. The van der Waals surface area contributed by atoms with Gasteiger partial charge in [0.15, 0.2) is 5.13 Å². The van der Waals surface area contributed by atoms with Crippen molar-refractivity contribution >= 4 is 85.1 Å². The van der Waals surface area contributed by atoms with Crippen LogP contribution in [0, 0.1) is 0 Å². The van der Waals surface area contributed by atoms with Crippen LogP contribution < -0.4 is 5.32 Å². The third-order valence-corrected chi connectivity index (χ3v) is 5.35. The first-order valence-electron chi connectivity index (χ1n) is 6.62. The summed E-state index contributed by atoms with van der Waals surface area (Å²) in [5.41, 5.74) is 1.25. The number of aromatic nitrogens is 1. The average Bonchev–Trinajstić information content (AvgIpc) is 2.93. The van der Waals surface area contributed by atoms with Gasteiger partial charge >= 0.3 is 0 Å². The van der Waals surface area contributed by atoms with Gasteiger partial charge in [0.05, 0.1) is 14.7 Å². The molecule has 3 rings (SSSR count). The van der Waals surface area contributed by atoms with Crippen molar-refractivity contribution in [2.45, 2.75) is 0 Å². The van der Waals surface area contributed by atoms with Crippen molar-refractivity contribution in [3.8, 4) is 0 Å². The second-order valence-corrected chi connectivity index (χ2v) is 7.37. The van der Waals surface area contributed by atoms with E-state index in [0.29, 0.717) is 36.3 Å². The molecule has 2 aromatic carbocycles. The summed E-state index contributed by atoms with van der Waals surface area (Å²) >= 11 is 25.3. The number of anilines is 1. The van der Waals surface area contributed by atoms with E-state index in [2.05, 4.69) is 10.3 Å². The van der Waals surface area contributed by atoms with Crippen LogP contribution in [0.5, 0.6) is 0 Å². The van der Waals surface area contributed by atoms with Crippen LogP contribution in [0.1, 0.15) is 5.56 Å². The number of carbonyl (C=O) groups excluding carboxylic acids is 1. The molecule has 0 aliphatic heterocycles. The van der Waals surface area contributed by atoms with Crippen molar-refractivity contribution in [3.05, 3.63) is 62.1 Å². The van der Waals surface area contributed by atoms with Crippen LogP contribution in [0.2, 0.25) is 20.1 Å². The number of hydrogen-bond acceptors (Lipinski definition) is 3. The Hall–Kier alpha value is -1.30. The molecule has 122 valence electrons. The van der Waals surface area contributed by atoms with Crippen molar-refractivity contribution in [2.24, 2.45) is 0 Å². The molecule has 0 spiro atoms. The van der Waals surface area contributed by atoms with Crippen molar-refractivity contribution < 1.29 is 4.79 Å². The molecule has 0 bridgehead atoms. The van der Waals surface area contributed by atoms with E-state index in [4.69, 9.17) is 46.4 Å². The highest BCUT2D eigenvalue weighted by Crippen LogP contribution is 2.35. The molecular weight excluding hydrogens is 410 g/mol. The van der Waals surface area contributed by atoms with E-state index < -0.39 is 0 Å². The highest BCUT2D eigenvalue weighted by Gasteiger charge is 2.11. The largest absolute Gasteiger partial charge is 0.298 e. The molecule has 3 aromatic rings. The smallest absolute Gasteiger partial charge is 0.250 e. The third kappa shape index (κ3) is 3.85. The molecule has 0 radical (unpaired) electrons. The van der Waals surface area contributed by atoms with Gasteiger partial charge in [-0.1, -0.05) is 63.8 Å². The second-order valence-electron chi connectivity index (χ2n) is 4.72. The van der Waals surface area contributed by atoms with Crippen LogP contribution >= 0.6 is 57.7 Å². The van der Waals surface area contributed by atoms with Crippen LogP contribution in [-0.2, 0) is 4.79 Å². The summed E-state index contributed by atoms with van der Waals surface area (Å²) in [6.45, 7) is 0. The number of thiazole rings is 1. The van der Waals surface area contributed by atoms with Gasteiger partial charge < -0.3 is 0 Å². The molecule has 0 aliphatic rings. The third-order valence-electron chi connectivity index (χ3n) is 3.06. The average molecular weight is 418 g/mol. The van der Waals surface area contributed by atoms with Gasteiger partial charge in [-0.2, -0.15) is 0 Å². The Balaban J connectivity index is 1.77. The SMILES string of the molecule is O=C(/C=C/c1ccc(Cl)cc1Cl)Nc1nc2c(Cl)c(Cl)ccc2s1. The summed E-state index contributed by atoms with van der Waals surface area (Å²) in [5.74, 6) is -0.331. The Morgan fingerprint density at radius 2 is 1.88 bits per heavy atom. The van der Waals surface area contributed by atoms with Crippen LogP contribution in [-0.4, -0.2) is 10.9 Å². The van der Waals surface area contributed by atoms with E-state index in [9.17, 15) is 4.79 Å². The summed E-state index contributed by atoms with van der Waals surface area (Å²) in [6, 6.07) is 8.54. The lowest BCUT2D eigenvalue weighted by Gasteiger charge is -1.99. The maximum absolute atomic E-state index is 12.0. The number of hydrogen-bond donors (Lipinski definition) is 1. The van der Waals surface area contributed by atoms with E-state index in [1.165, 1.54) is 17.4 Å². The minimum absolute atomic E-state index is 0.331. The fourth-order valence-electron chi connectivity index (χ4n) is 1.94. The Bertz CT molecular complexity index is 968. The fraction of sp³-hybridized carbons (Fsp3) is 0. The lowest BCUT2D eigenvalue weighted by Crippen LogP contribution is -2.07. The highest BCUT2D eigenvalue weighted by molar-refractivity contribution is 7.22. The summed E-state index contributed by atoms with van der Waals surface area (Å²) in [7, 11) is 0. The fourth-order valence-corrected chi connectivity index (χ4v) is 3.70. The predicted octanol–water partition coefficient (Wildman–Crippen LogP) is 6.56. The first-order valence-corrected chi connectivity index (χ1v) is 8.95. The molecule has 0 saturated carbocycles. The molecular formula is C16H8Cl4N2OS. The molecule has 1 N–H and O–H groups in total. The molecule has 1 amide bonds. The second kappa shape index (κ2) is 7.30. The van der Waals surface area contributed by atoms with Crippen LogP contribution in [0.3, 0.4) is 0 Å². The van der Waals surface area contributed by atoms with Gasteiger partial charge in [-0.15, -0.1) is 0 Å². The Kier molecular flexibility index (Phi) is 5.33. The van der Waals surface area contributed by atoms with E-state index in [1.54, 1.807) is 36.4 Å². The van der Waals surface area contributed by atoms with Crippen LogP contribution in [0.15, 0.2) is 36.4 Å². The Morgan fingerprint density at radius 1 is 1.08 bits per heavy atom. The van der Waals surface area contributed by atoms with E-state index in [0.717, 1.165) is 4.70 Å². The van der Waals surface area contributed by atoms with E-state index in [-0.39, 0.29) is 5.91 Å². The molecule has 1 heterocycles. The standard InChI is InChI=1S/C16H8Cl4N2OS/c17-9-3-1-8(11(19)7-9)2-6-13(23)21-16-22-15-12(24-16)5-4-10(18)14(15)20/h1-7H,(H,21,22,23)/b6-2+. The number of amides is 1. The molecule has 0 saturated heterocycles. The first-order chi connectivity index (χ1) is 11.4. The Labute approximate surface area is 161 Å². The van der Waals surface area contributed by atoms with Crippen molar-refractivity contribution in [2.75, 3.05) is 5.32 Å². The zero-order valence-corrected chi connectivity index (χ0v) is 15.7. The van der Waals surface area contributed by atoms with Gasteiger partial charge in [-0.25, -0.2) is 4.98 Å². The lowest BCUT2D eigenvalue weighted by atomic mass is 10.2. The molecule has 0 aliphatic carbocycles. The van der Waals surface area contributed by atoms with Crippen molar-refractivity contribution in [1.82, 2.24) is 4.98 Å². The minimum atomic E-state index is -0.331. The quantitative estimate of drug-likeness (QED) is 0.490. The molecule has 3 nitrogen and oxygen atoms in total. The zero-order chi connectivity index (χ0) is 17.3. The highest BCUT2D eigenvalue weighted by atomic mass is 35.5. The zero-order valence-electron chi connectivity index (χ0n) is 11.8. The van der Waals surface area contributed by atoms with E-state index >= 15 is 0 Å². The molecule has 1 aromatic heterocycles. The number of halogens is 4. The summed E-state index contributed by atoms with van der Waals surface area (Å²) in [5, 5.41) is 4.92. The lowest BCUT2D eigenvalue weighted by molar-refractivity contribution is -0.111. The number of nitrogens with one attached hydrogen (secondary N) is 1. The van der Waals surface area contributed by atoms with Gasteiger partial charge in [0.25, 0.3) is 0 Å². The van der Waals surface area contributed by atoms with Gasteiger partial charge in [0.1, 0.15) is 5.52 Å². The number of fused-ring (bicyclic) bond motifs is 1. The van der Waals surface area contributed by atoms with Crippen LogP contribution in [0.25, 0.3) is 16.3 Å². The molecule has 8 heteroatoms. The van der Waals surface area contributed by atoms with Crippen molar-refractivity contribution in [3.63, 3.8) is 0 Å². The maximum atomic E-state index is 12.0. The van der Waals surface area contributed by atoms with Gasteiger partial charge in [-0.05, 0) is 35.9 Å². The topological polar surface area (TPSA) is 42.0 Å². The summed E-state index contributed by atoms with van der Waals surface area (Å²) < 4.78 is 0.837. The van der Waals surface area contributed by atoms with Crippen molar-refractivity contribution in [1.29, 1.82) is 0 Å². The minimum Gasteiger partial charge on any atom is -0.298 e. The van der Waals surface area contributed by atoms with Gasteiger partial charge in [0, 0.05) is 16.1 Å². The molecule has 0 unspecified atom stereocenters. The van der Waals surface area contributed by atoms with E-state index in [1.807, 2.05) is 0 Å². The molecule has 0 fully saturated rings. The number of rotatable bonds is 3. The van der Waals surface area contributed by atoms with Crippen LogP contribution in [0.4, 0.5) is 5.13 Å². The maximum Gasteiger partial charge on any atom is 0.250 e. The predicted molar refractivity (Wildman–Crippen MR) is 104 cm³/mol. The molecule has 24 heavy (non-hydrogen) atoms. The summed E-state index contributed by atoms with van der Waals surface area (Å²) in [4.78, 5) is 16.3. The Morgan fingerprint density at radius 3 is 2.62 bits per heavy atom. The normalized spacial score (nSPS) is 11.3. The first kappa shape index (κ1) is 17.5. The molecule has 0 atom stereocenters.